The molecule has 2 fully saturated rings. The van der Waals surface area contributed by atoms with Gasteiger partial charge in [-0.05, 0) is 37.8 Å². The lowest BCUT2D eigenvalue weighted by atomic mass is 9.87. The molecule has 0 saturated carbocycles. The van der Waals surface area contributed by atoms with E-state index in [0.717, 1.165) is 25.7 Å². The predicted octanol–water partition coefficient (Wildman–Crippen LogP) is 2.09. The maximum atomic E-state index is 12.5. The number of carbonyl (C=O) groups is 1. The van der Waals surface area contributed by atoms with Crippen molar-refractivity contribution >= 4 is 5.78 Å². The molecule has 18 heavy (non-hydrogen) atoms. The molecular weight excluding hydrogens is 228 g/mol. The van der Waals surface area contributed by atoms with Crippen molar-refractivity contribution < 1.29 is 9.53 Å². The molecule has 4 heteroatoms. The van der Waals surface area contributed by atoms with Crippen molar-refractivity contribution in [2.75, 3.05) is 0 Å². The van der Waals surface area contributed by atoms with Crippen LogP contribution in [0.4, 0.5) is 0 Å². The molecule has 4 nitrogen and oxygen atoms in total. The van der Waals surface area contributed by atoms with Crippen LogP contribution in [0.25, 0.3) is 0 Å². The molecule has 2 aliphatic rings. The molecule has 0 radical (unpaired) electrons. The van der Waals surface area contributed by atoms with Crippen molar-refractivity contribution in [1.82, 2.24) is 4.98 Å². The highest BCUT2D eigenvalue weighted by atomic mass is 16.5. The van der Waals surface area contributed by atoms with Crippen LogP contribution in [0.15, 0.2) is 18.3 Å². The Morgan fingerprint density at radius 3 is 2.78 bits per heavy atom. The van der Waals surface area contributed by atoms with E-state index in [-0.39, 0.29) is 29.6 Å². The largest absolute Gasteiger partial charge is 0.375 e. The van der Waals surface area contributed by atoms with E-state index in [2.05, 4.69) is 4.98 Å². The first-order chi connectivity index (χ1) is 8.78. The van der Waals surface area contributed by atoms with Crippen LogP contribution in [0, 0.1) is 17.2 Å². The summed E-state index contributed by atoms with van der Waals surface area (Å²) in [6.45, 7) is 0. The van der Waals surface area contributed by atoms with Gasteiger partial charge in [-0.15, -0.1) is 0 Å². The Kier molecular flexibility index (Phi) is 2.85. The second kappa shape index (κ2) is 4.51. The minimum absolute atomic E-state index is 0.00690. The molecule has 0 N–H and O–H groups in total. The highest BCUT2D eigenvalue weighted by Gasteiger charge is 2.38. The van der Waals surface area contributed by atoms with Gasteiger partial charge in [0, 0.05) is 12.1 Å². The number of ether oxygens (including phenoxy) is 1. The van der Waals surface area contributed by atoms with Gasteiger partial charge in [0.25, 0.3) is 0 Å². The van der Waals surface area contributed by atoms with E-state index >= 15 is 0 Å². The molecule has 0 aromatic carbocycles. The van der Waals surface area contributed by atoms with E-state index in [1.54, 1.807) is 18.3 Å². The third-order valence-electron chi connectivity index (χ3n) is 3.84. The van der Waals surface area contributed by atoms with Crippen LogP contribution < -0.4 is 0 Å². The molecule has 0 spiro atoms. The van der Waals surface area contributed by atoms with Crippen LogP contribution in [0.5, 0.6) is 0 Å². The van der Waals surface area contributed by atoms with Crippen molar-refractivity contribution in [3.05, 3.63) is 29.6 Å². The molecule has 2 saturated heterocycles. The molecule has 92 valence electrons. The number of aromatic nitrogens is 1. The minimum atomic E-state index is -0.00690. The highest BCUT2D eigenvalue weighted by Crippen LogP contribution is 2.37. The molecule has 1 aromatic heterocycles. The number of Topliss-reactive ketones (excluding diaryl/α,β-unsaturated/α-hetero) is 1. The fourth-order valence-corrected chi connectivity index (χ4v) is 2.98. The van der Waals surface area contributed by atoms with Crippen molar-refractivity contribution in [3.63, 3.8) is 0 Å². The maximum absolute atomic E-state index is 12.5. The van der Waals surface area contributed by atoms with E-state index in [1.165, 1.54) is 0 Å². The third kappa shape index (κ3) is 1.91. The second-order valence-corrected chi connectivity index (χ2v) is 5.00. The van der Waals surface area contributed by atoms with Gasteiger partial charge in [-0.25, -0.2) is 4.98 Å². The lowest BCUT2D eigenvalue weighted by Crippen LogP contribution is -2.30. The summed E-state index contributed by atoms with van der Waals surface area (Å²) >= 11 is 0. The van der Waals surface area contributed by atoms with Crippen LogP contribution in [0.2, 0.25) is 0 Å². The van der Waals surface area contributed by atoms with Crippen molar-refractivity contribution in [2.24, 2.45) is 5.92 Å². The highest BCUT2D eigenvalue weighted by molar-refractivity contribution is 5.99. The van der Waals surface area contributed by atoms with E-state index < -0.39 is 0 Å². The summed E-state index contributed by atoms with van der Waals surface area (Å²) in [5, 5.41) is 8.99. The van der Waals surface area contributed by atoms with Crippen LogP contribution in [0.3, 0.4) is 0 Å². The topological polar surface area (TPSA) is 63.0 Å². The maximum Gasteiger partial charge on any atom is 0.169 e. The summed E-state index contributed by atoms with van der Waals surface area (Å²) in [7, 11) is 0. The van der Waals surface area contributed by atoms with Crippen LogP contribution in [-0.2, 0) is 4.74 Å². The Morgan fingerprint density at radius 1 is 1.39 bits per heavy atom. The van der Waals surface area contributed by atoms with Crippen molar-refractivity contribution in [2.45, 2.75) is 37.9 Å². The smallest absolute Gasteiger partial charge is 0.169 e. The fraction of sp³-hybridized carbons (Fsp3) is 0.500. The number of rotatable bonds is 2. The monoisotopic (exact) mass is 242 g/mol. The fourth-order valence-electron chi connectivity index (χ4n) is 2.98. The van der Waals surface area contributed by atoms with Crippen molar-refractivity contribution in [1.29, 1.82) is 5.26 Å². The summed E-state index contributed by atoms with van der Waals surface area (Å²) in [6, 6.07) is 5.40. The van der Waals surface area contributed by atoms with Gasteiger partial charge in [0.2, 0.25) is 0 Å². The molecule has 3 heterocycles. The zero-order chi connectivity index (χ0) is 12.5. The molecule has 2 atom stereocenters. The van der Waals surface area contributed by atoms with Gasteiger partial charge < -0.3 is 4.74 Å². The number of ketones is 1. The number of nitrogens with zero attached hydrogens (tertiary/aromatic N) is 2. The standard InChI is InChI=1S/C14H14N2O2/c15-8-13-12(2-1-5-16-13)14(17)9-6-10-3-4-11(7-9)18-10/h1-2,5,9-11H,3-4,6-7H2. The van der Waals surface area contributed by atoms with Gasteiger partial charge in [-0.1, -0.05) is 0 Å². The lowest BCUT2D eigenvalue weighted by molar-refractivity contribution is -0.0149. The Bertz CT molecular complexity index is 509. The average molecular weight is 242 g/mol. The summed E-state index contributed by atoms with van der Waals surface area (Å²) < 4.78 is 5.74. The van der Waals surface area contributed by atoms with E-state index in [1.807, 2.05) is 6.07 Å². The number of nitriles is 1. The molecule has 0 aliphatic carbocycles. The molecule has 0 amide bonds. The molecule has 2 bridgehead atoms. The van der Waals surface area contributed by atoms with Crippen LogP contribution >= 0.6 is 0 Å². The number of pyridine rings is 1. The SMILES string of the molecule is N#Cc1ncccc1C(=O)C1CC2CCC(C1)O2. The van der Waals surface area contributed by atoms with E-state index in [4.69, 9.17) is 10.00 Å². The van der Waals surface area contributed by atoms with Gasteiger partial charge in [-0.2, -0.15) is 5.26 Å². The minimum Gasteiger partial charge on any atom is -0.375 e. The average Bonchev–Trinajstić information content (AvgIpc) is 2.76. The third-order valence-corrected chi connectivity index (χ3v) is 3.84. The second-order valence-electron chi connectivity index (χ2n) is 5.00. The van der Waals surface area contributed by atoms with Gasteiger partial charge in [0.1, 0.15) is 6.07 Å². The molecule has 1 aromatic rings. The van der Waals surface area contributed by atoms with Gasteiger partial charge >= 0.3 is 0 Å². The molecule has 2 unspecified atom stereocenters. The number of hydrogen-bond donors (Lipinski definition) is 0. The lowest BCUT2D eigenvalue weighted by Gasteiger charge is -2.27. The van der Waals surface area contributed by atoms with Gasteiger partial charge in [-0.3, -0.25) is 4.79 Å². The van der Waals surface area contributed by atoms with Crippen LogP contribution in [0.1, 0.15) is 41.7 Å². The van der Waals surface area contributed by atoms with E-state index in [9.17, 15) is 4.79 Å². The Balaban J connectivity index is 1.84. The first-order valence-electron chi connectivity index (χ1n) is 6.32. The summed E-state index contributed by atoms with van der Waals surface area (Å²) in [5.41, 5.74) is 0.702. The molecule has 2 aliphatic heterocycles. The zero-order valence-corrected chi connectivity index (χ0v) is 10.0. The van der Waals surface area contributed by atoms with Gasteiger partial charge in [0.05, 0.1) is 17.8 Å². The van der Waals surface area contributed by atoms with E-state index in [0.29, 0.717) is 5.56 Å². The first-order valence-corrected chi connectivity index (χ1v) is 6.32. The number of fused-ring (bicyclic) bond motifs is 2. The quantitative estimate of drug-likeness (QED) is 0.745. The summed E-state index contributed by atoms with van der Waals surface area (Å²) in [5.74, 6) is 0.0485. The van der Waals surface area contributed by atoms with Crippen LogP contribution in [-0.4, -0.2) is 23.0 Å². The Hall–Kier alpha value is -1.73. The zero-order valence-electron chi connectivity index (χ0n) is 10.0. The van der Waals surface area contributed by atoms with Crippen molar-refractivity contribution in [3.8, 4) is 6.07 Å². The summed E-state index contributed by atoms with van der Waals surface area (Å²) in [4.78, 5) is 16.4. The molecular formula is C14H14N2O2. The first kappa shape index (κ1) is 11.4. The predicted molar refractivity (Wildman–Crippen MR) is 63.9 cm³/mol. The van der Waals surface area contributed by atoms with Gasteiger partial charge in [0.15, 0.2) is 11.5 Å². The number of carbonyl (C=O) groups excluding carboxylic acids is 1. The Labute approximate surface area is 106 Å². The molecule has 3 rings (SSSR count). The normalized spacial score (nSPS) is 29.8. The summed E-state index contributed by atoms with van der Waals surface area (Å²) in [6.07, 6.45) is 5.71. The number of hydrogen-bond acceptors (Lipinski definition) is 4. The Morgan fingerprint density at radius 2 is 2.11 bits per heavy atom.